The lowest BCUT2D eigenvalue weighted by molar-refractivity contribution is 0.0994. The number of ether oxygens (including phenoxy) is 1. The minimum Gasteiger partial charge on any atom is -0.496 e. The molecule has 0 aliphatic carbocycles. The molecule has 0 bridgehead atoms. The third-order valence-corrected chi connectivity index (χ3v) is 3.71. The first-order valence-electron chi connectivity index (χ1n) is 7.31. The summed E-state index contributed by atoms with van der Waals surface area (Å²) < 4.78 is 5.48. The normalized spacial score (nSPS) is 14.6. The number of aliphatic hydroxyl groups excluding tert-OH is 1. The third-order valence-electron chi connectivity index (χ3n) is 3.71. The van der Waals surface area contributed by atoms with E-state index in [9.17, 15) is 5.11 Å². The molecule has 0 aliphatic rings. The van der Waals surface area contributed by atoms with Gasteiger partial charge in [-0.3, -0.25) is 4.90 Å². The molecular formula is C16H28N2O2. The molecule has 0 aromatic heterocycles. The summed E-state index contributed by atoms with van der Waals surface area (Å²) in [5, 5.41) is 9.35. The SMILES string of the molecule is CCC(N)C(c1ccccc1OC)N(CCO)C(C)C. The quantitative estimate of drug-likeness (QED) is 0.766. The highest BCUT2D eigenvalue weighted by Crippen LogP contribution is 2.33. The lowest BCUT2D eigenvalue weighted by atomic mass is 9.94. The van der Waals surface area contributed by atoms with Gasteiger partial charge in [0.25, 0.3) is 0 Å². The topological polar surface area (TPSA) is 58.7 Å². The van der Waals surface area contributed by atoms with Gasteiger partial charge in [0.2, 0.25) is 0 Å². The Morgan fingerprint density at radius 3 is 2.45 bits per heavy atom. The Morgan fingerprint density at radius 1 is 1.30 bits per heavy atom. The second-order valence-electron chi connectivity index (χ2n) is 5.31. The van der Waals surface area contributed by atoms with Crippen LogP contribution in [0.3, 0.4) is 0 Å². The fraction of sp³-hybridized carbons (Fsp3) is 0.625. The van der Waals surface area contributed by atoms with Crippen molar-refractivity contribution in [3.63, 3.8) is 0 Å². The zero-order chi connectivity index (χ0) is 15.1. The molecule has 3 N–H and O–H groups in total. The Balaban J connectivity index is 3.23. The Hall–Kier alpha value is -1.10. The first-order valence-corrected chi connectivity index (χ1v) is 7.31. The van der Waals surface area contributed by atoms with Gasteiger partial charge in [-0.1, -0.05) is 25.1 Å². The second kappa shape index (κ2) is 8.25. The minimum atomic E-state index is 0.000231. The van der Waals surface area contributed by atoms with E-state index < -0.39 is 0 Å². The van der Waals surface area contributed by atoms with Crippen molar-refractivity contribution >= 4 is 0 Å². The highest BCUT2D eigenvalue weighted by Gasteiger charge is 2.29. The van der Waals surface area contributed by atoms with Crippen LogP contribution in [0, 0.1) is 0 Å². The van der Waals surface area contributed by atoms with Gasteiger partial charge in [0.05, 0.1) is 19.8 Å². The molecule has 1 aromatic rings. The van der Waals surface area contributed by atoms with E-state index in [0.29, 0.717) is 12.6 Å². The monoisotopic (exact) mass is 280 g/mol. The average molecular weight is 280 g/mol. The molecule has 20 heavy (non-hydrogen) atoms. The summed E-state index contributed by atoms with van der Waals surface area (Å²) in [5.74, 6) is 0.852. The number of methoxy groups -OCH3 is 1. The molecule has 0 amide bonds. The summed E-state index contributed by atoms with van der Waals surface area (Å²) in [4.78, 5) is 2.24. The summed E-state index contributed by atoms with van der Waals surface area (Å²) in [6, 6.07) is 8.33. The van der Waals surface area contributed by atoms with Crippen LogP contribution in [0.15, 0.2) is 24.3 Å². The van der Waals surface area contributed by atoms with Gasteiger partial charge in [0, 0.05) is 24.2 Å². The molecule has 0 aliphatic heterocycles. The minimum absolute atomic E-state index is 0.000231. The summed E-state index contributed by atoms with van der Waals surface area (Å²) in [5.41, 5.74) is 7.45. The molecule has 0 saturated carbocycles. The first kappa shape index (κ1) is 17.0. The predicted octanol–water partition coefficient (Wildman–Crippen LogP) is 2.18. The fourth-order valence-corrected chi connectivity index (χ4v) is 2.62. The molecule has 4 heteroatoms. The number of nitrogens with zero attached hydrogens (tertiary/aromatic N) is 1. The van der Waals surface area contributed by atoms with Crippen LogP contribution in [0.4, 0.5) is 0 Å². The van der Waals surface area contributed by atoms with Gasteiger partial charge in [-0.15, -0.1) is 0 Å². The molecule has 0 radical (unpaired) electrons. The van der Waals surface area contributed by atoms with Crippen molar-refractivity contribution in [2.24, 2.45) is 5.73 Å². The molecule has 2 unspecified atom stereocenters. The van der Waals surface area contributed by atoms with Crippen LogP contribution in [-0.4, -0.2) is 42.4 Å². The number of benzene rings is 1. The standard InChI is InChI=1S/C16H28N2O2/c1-5-14(17)16(18(10-11-19)12(2)3)13-8-6-7-9-15(13)20-4/h6-9,12,14,16,19H,5,10-11,17H2,1-4H3. The Bertz CT molecular complexity index is 396. The number of aliphatic hydroxyl groups is 1. The van der Waals surface area contributed by atoms with Crippen molar-refractivity contribution in [1.82, 2.24) is 4.90 Å². The fourth-order valence-electron chi connectivity index (χ4n) is 2.62. The number of hydrogen-bond donors (Lipinski definition) is 2. The van der Waals surface area contributed by atoms with Crippen LogP contribution in [0.2, 0.25) is 0 Å². The number of nitrogens with two attached hydrogens (primary N) is 1. The highest BCUT2D eigenvalue weighted by molar-refractivity contribution is 5.37. The Labute approximate surface area is 122 Å². The third kappa shape index (κ3) is 3.95. The van der Waals surface area contributed by atoms with Gasteiger partial charge in [-0.25, -0.2) is 0 Å². The maximum Gasteiger partial charge on any atom is 0.123 e. The van der Waals surface area contributed by atoms with Crippen LogP contribution in [0.1, 0.15) is 38.8 Å². The summed E-state index contributed by atoms with van der Waals surface area (Å²) >= 11 is 0. The number of rotatable bonds is 8. The highest BCUT2D eigenvalue weighted by atomic mass is 16.5. The van der Waals surface area contributed by atoms with E-state index in [2.05, 4.69) is 31.7 Å². The van der Waals surface area contributed by atoms with Gasteiger partial charge in [0.1, 0.15) is 5.75 Å². The number of para-hydroxylation sites is 1. The lowest BCUT2D eigenvalue weighted by Gasteiger charge is -2.38. The first-order chi connectivity index (χ1) is 9.56. The van der Waals surface area contributed by atoms with E-state index in [-0.39, 0.29) is 18.7 Å². The average Bonchev–Trinajstić information content (AvgIpc) is 2.46. The van der Waals surface area contributed by atoms with Crippen molar-refractivity contribution in [2.75, 3.05) is 20.3 Å². The summed E-state index contributed by atoms with van der Waals surface area (Å²) in [7, 11) is 1.68. The summed E-state index contributed by atoms with van der Waals surface area (Å²) in [6.45, 7) is 7.07. The zero-order valence-corrected chi connectivity index (χ0v) is 13.0. The van der Waals surface area contributed by atoms with Crippen molar-refractivity contribution in [2.45, 2.75) is 45.3 Å². The van der Waals surface area contributed by atoms with Gasteiger partial charge < -0.3 is 15.6 Å². The van der Waals surface area contributed by atoms with Crippen LogP contribution in [0.5, 0.6) is 5.75 Å². The van der Waals surface area contributed by atoms with Crippen LogP contribution < -0.4 is 10.5 Å². The van der Waals surface area contributed by atoms with Crippen molar-refractivity contribution < 1.29 is 9.84 Å². The molecule has 4 nitrogen and oxygen atoms in total. The predicted molar refractivity (Wildman–Crippen MR) is 82.9 cm³/mol. The van der Waals surface area contributed by atoms with E-state index in [1.165, 1.54) is 0 Å². The largest absolute Gasteiger partial charge is 0.496 e. The molecule has 0 fully saturated rings. The van der Waals surface area contributed by atoms with Crippen LogP contribution in [-0.2, 0) is 0 Å². The maximum absolute atomic E-state index is 9.35. The molecule has 0 spiro atoms. The second-order valence-corrected chi connectivity index (χ2v) is 5.31. The maximum atomic E-state index is 9.35. The summed E-state index contributed by atoms with van der Waals surface area (Å²) in [6.07, 6.45) is 0.872. The van der Waals surface area contributed by atoms with E-state index >= 15 is 0 Å². The van der Waals surface area contributed by atoms with E-state index in [1.807, 2.05) is 18.2 Å². The van der Waals surface area contributed by atoms with Gasteiger partial charge in [0.15, 0.2) is 0 Å². The van der Waals surface area contributed by atoms with Crippen molar-refractivity contribution in [3.05, 3.63) is 29.8 Å². The van der Waals surface area contributed by atoms with E-state index in [0.717, 1.165) is 17.7 Å². The van der Waals surface area contributed by atoms with Crippen molar-refractivity contribution in [3.8, 4) is 5.75 Å². The molecular weight excluding hydrogens is 252 g/mol. The van der Waals surface area contributed by atoms with Crippen LogP contribution >= 0.6 is 0 Å². The molecule has 1 rings (SSSR count). The molecule has 114 valence electrons. The smallest absolute Gasteiger partial charge is 0.123 e. The van der Waals surface area contributed by atoms with Gasteiger partial charge >= 0.3 is 0 Å². The zero-order valence-electron chi connectivity index (χ0n) is 13.0. The van der Waals surface area contributed by atoms with Crippen LogP contribution in [0.25, 0.3) is 0 Å². The van der Waals surface area contributed by atoms with E-state index in [4.69, 9.17) is 10.5 Å². The molecule has 2 atom stereocenters. The number of hydrogen-bond acceptors (Lipinski definition) is 4. The van der Waals surface area contributed by atoms with E-state index in [1.54, 1.807) is 7.11 Å². The molecule has 0 saturated heterocycles. The molecule has 1 aromatic carbocycles. The van der Waals surface area contributed by atoms with Gasteiger partial charge in [-0.05, 0) is 26.3 Å². The molecule has 0 heterocycles. The Kier molecular flexibility index (Phi) is 6.99. The van der Waals surface area contributed by atoms with Gasteiger partial charge in [-0.2, -0.15) is 0 Å². The Morgan fingerprint density at radius 2 is 1.95 bits per heavy atom. The lowest BCUT2D eigenvalue weighted by Crippen LogP contribution is -2.45. The van der Waals surface area contributed by atoms with Crippen molar-refractivity contribution in [1.29, 1.82) is 0 Å².